The number of halogens is 1. The number of hydrogen-bond donors (Lipinski definition) is 1. The van der Waals surface area contributed by atoms with Crippen LogP contribution in [0.1, 0.15) is 28.4 Å². The van der Waals surface area contributed by atoms with Crippen LogP contribution in [0.2, 0.25) is 0 Å². The first-order valence-electron chi connectivity index (χ1n) is 8.73. The van der Waals surface area contributed by atoms with E-state index in [1.54, 1.807) is 18.0 Å². The van der Waals surface area contributed by atoms with E-state index in [0.29, 0.717) is 12.1 Å². The number of nitrogens with zero attached hydrogens (tertiary/aromatic N) is 1. The molecular formula is C22H23FN2O. The van der Waals surface area contributed by atoms with Crippen molar-refractivity contribution in [2.45, 2.75) is 20.8 Å². The Labute approximate surface area is 153 Å². The Morgan fingerprint density at radius 1 is 1.04 bits per heavy atom. The van der Waals surface area contributed by atoms with Gasteiger partial charge in [0.15, 0.2) is 0 Å². The smallest absolute Gasteiger partial charge is 0.254 e. The normalized spacial score (nSPS) is 10.8. The third-order valence-corrected chi connectivity index (χ3v) is 4.77. The third-order valence-electron chi connectivity index (χ3n) is 4.77. The first-order valence-corrected chi connectivity index (χ1v) is 8.73. The molecule has 0 radical (unpaired) electrons. The molecule has 3 aromatic carbocycles. The Hall–Kier alpha value is -2.88. The van der Waals surface area contributed by atoms with Crippen LogP contribution in [0.5, 0.6) is 0 Å². The quantitative estimate of drug-likeness (QED) is 0.680. The highest BCUT2D eigenvalue weighted by atomic mass is 19.1. The summed E-state index contributed by atoms with van der Waals surface area (Å²) in [6, 6.07) is 14.4. The molecule has 0 heterocycles. The number of fused-ring (bicyclic) bond motifs is 1. The number of rotatable bonds is 4. The van der Waals surface area contributed by atoms with Crippen LogP contribution < -0.4 is 5.32 Å². The first-order chi connectivity index (χ1) is 12.4. The number of carbonyl (C=O) groups is 1. The Balaban J connectivity index is 2.16. The molecule has 3 aromatic rings. The number of nitrogens with one attached hydrogen (secondary N) is 1. The zero-order valence-electron chi connectivity index (χ0n) is 15.6. The van der Waals surface area contributed by atoms with Crippen molar-refractivity contribution >= 4 is 28.1 Å². The average molecular weight is 350 g/mol. The Morgan fingerprint density at radius 2 is 1.81 bits per heavy atom. The second-order valence-corrected chi connectivity index (χ2v) is 6.56. The molecule has 3 nitrogen and oxygen atoms in total. The molecule has 0 aliphatic carbocycles. The highest BCUT2D eigenvalue weighted by Crippen LogP contribution is 2.33. The van der Waals surface area contributed by atoms with E-state index >= 15 is 0 Å². The van der Waals surface area contributed by atoms with E-state index in [1.165, 1.54) is 12.1 Å². The number of aryl methyl sites for hydroxylation is 2. The molecule has 0 fully saturated rings. The Bertz CT molecular complexity index is 981. The van der Waals surface area contributed by atoms with E-state index in [1.807, 2.05) is 51.1 Å². The number of benzene rings is 3. The SMILES string of the molecule is CCN(C)C(=O)c1ccc(Nc2cc(F)ccc2C)c2cccc(C)c12. The number of hydrogen-bond acceptors (Lipinski definition) is 2. The fourth-order valence-corrected chi connectivity index (χ4v) is 3.10. The summed E-state index contributed by atoms with van der Waals surface area (Å²) in [6.45, 7) is 6.54. The van der Waals surface area contributed by atoms with Gasteiger partial charge in [0.1, 0.15) is 5.82 Å². The lowest BCUT2D eigenvalue weighted by Gasteiger charge is -2.19. The summed E-state index contributed by atoms with van der Waals surface area (Å²) in [5.41, 5.74) is 4.25. The number of amides is 1. The van der Waals surface area contributed by atoms with Crippen molar-refractivity contribution in [3.8, 4) is 0 Å². The maximum atomic E-state index is 13.6. The summed E-state index contributed by atoms with van der Waals surface area (Å²) in [5, 5.41) is 5.20. The predicted molar refractivity (Wildman–Crippen MR) is 106 cm³/mol. The highest BCUT2D eigenvalue weighted by molar-refractivity contribution is 6.11. The standard InChI is InChI=1S/C22H23FN2O/c1-5-25(4)22(26)18-11-12-19(17-8-6-7-15(3)21(17)18)24-20-13-16(23)10-9-14(20)2/h6-13,24H,5H2,1-4H3. The minimum atomic E-state index is -0.282. The van der Waals surface area contributed by atoms with E-state index in [4.69, 9.17) is 0 Å². The summed E-state index contributed by atoms with van der Waals surface area (Å²) in [6.07, 6.45) is 0. The van der Waals surface area contributed by atoms with Crippen LogP contribution in [-0.2, 0) is 0 Å². The van der Waals surface area contributed by atoms with Crippen LogP contribution in [0.15, 0.2) is 48.5 Å². The summed E-state index contributed by atoms with van der Waals surface area (Å²) in [5.74, 6) is -0.282. The van der Waals surface area contributed by atoms with Gasteiger partial charge in [0.2, 0.25) is 0 Å². The minimum Gasteiger partial charge on any atom is -0.355 e. The lowest BCUT2D eigenvalue weighted by molar-refractivity contribution is 0.0804. The van der Waals surface area contributed by atoms with Crippen LogP contribution in [-0.4, -0.2) is 24.4 Å². The van der Waals surface area contributed by atoms with Gasteiger partial charge in [-0.2, -0.15) is 0 Å². The molecule has 134 valence electrons. The minimum absolute atomic E-state index is 0.000265. The van der Waals surface area contributed by atoms with Crippen molar-refractivity contribution in [2.75, 3.05) is 18.9 Å². The van der Waals surface area contributed by atoms with Gasteiger partial charge in [-0.1, -0.05) is 24.3 Å². The van der Waals surface area contributed by atoms with Crippen molar-refractivity contribution in [1.29, 1.82) is 0 Å². The molecule has 4 heteroatoms. The molecule has 1 amide bonds. The van der Waals surface area contributed by atoms with Crippen LogP contribution in [0.25, 0.3) is 10.8 Å². The third kappa shape index (κ3) is 3.27. The molecule has 0 bridgehead atoms. The van der Waals surface area contributed by atoms with Crippen molar-refractivity contribution in [2.24, 2.45) is 0 Å². The lowest BCUT2D eigenvalue weighted by atomic mass is 9.97. The van der Waals surface area contributed by atoms with E-state index in [9.17, 15) is 9.18 Å². The van der Waals surface area contributed by atoms with Gasteiger partial charge in [0.25, 0.3) is 5.91 Å². The largest absolute Gasteiger partial charge is 0.355 e. The maximum absolute atomic E-state index is 13.6. The van der Waals surface area contributed by atoms with Crippen LogP contribution in [0, 0.1) is 19.7 Å². The average Bonchev–Trinajstić information content (AvgIpc) is 2.64. The zero-order chi connectivity index (χ0) is 18.8. The molecule has 26 heavy (non-hydrogen) atoms. The molecule has 0 saturated carbocycles. The topological polar surface area (TPSA) is 32.3 Å². The molecule has 0 atom stereocenters. The molecule has 0 saturated heterocycles. The highest BCUT2D eigenvalue weighted by Gasteiger charge is 2.17. The van der Waals surface area contributed by atoms with Gasteiger partial charge in [-0.05, 0) is 61.5 Å². The molecule has 3 rings (SSSR count). The molecule has 1 N–H and O–H groups in total. The van der Waals surface area contributed by atoms with E-state index < -0.39 is 0 Å². The molecule has 0 unspecified atom stereocenters. The van der Waals surface area contributed by atoms with Gasteiger partial charge >= 0.3 is 0 Å². The molecule has 0 spiro atoms. The van der Waals surface area contributed by atoms with Gasteiger partial charge < -0.3 is 10.2 Å². The Kier molecular flexibility index (Phi) is 4.94. The van der Waals surface area contributed by atoms with Crippen LogP contribution in [0.4, 0.5) is 15.8 Å². The zero-order valence-corrected chi connectivity index (χ0v) is 15.6. The monoisotopic (exact) mass is 350 g/mol. The van der Waals surface area contributed by atoms with Crippen LogP contribution in [0.3, 0.4) is 0 Å². The number of anilines is 2. The summed E-state index contributed by atoms with van der Waals surface area (Å²) in [7, 11) is 1.80. The summed E-state index contributed by atoms with van der Waals surface area (Å²) < 4.78 is 13.6. The van der Waals surface area contributed by atoms with Crippen molar-refractivity contribution in [1.82, 2.24) is 4.90 Å². The maximum Gasteiger partial charge on any atom is 0.254 e. The second-order valence-electron chi connectivity index (χ2n) is 6.56. The molecule has 0 aliphatic heterocycles. The van der Waals surface area contributed by atoms with Gasteiger partial charge in [-0.3, -0.25) is 4.79 Å². The lowest BCUT2D eigenvalue weighted by Crippen LogP contribution is -2.26. The van der Waals surface area contributed by atoms with Crippen LogP contribution >= 0.6 is 0 Å². The summed E-state index contributed by atoms with van der Waals surface area (Å²) in [4.78, 5) is 14.5. The van der Waals surface area contributed by atoms with E-state index in [-0.39, 0.29) is 11.7 Å². The number of carbonyl (C=O) groups excluding carboxylic acids is 1. The second kappa shape index (κ2) is 7.16. The van der Waals surface area contributed by atoms with Crippen molar-refractivity contribution in [3.63, 3.8) is 0 Å². The fourth-order valence-electron chi connectivity index (χ4n) is 3.10. The fraction of sp³-hybridized carbons (Fsp3) is 0.227. The van der Waals surface area contributed by atoms with Gasteiger partial charge in [0, 0.05) is 35.9 Å². The van der Waals surface area contributed by atoms with E-state index in [2.05, 4.69) is 5.32 Å². The van der Waals surface area contributed by atoms with Crippen molar-refractivity contribution < 1.29 is 9.18 Å². The molecule has 0 aromatic heterocycles. The molecule has 0 aliphatic rings. The van der Waals surface area contributed by atoms with Gasteiger partial charge in [0.05, 0.1) is 0 Å². The molecular weight excluding hydrogens is 327 g/mol. The van der Waals surface area contributed by atoms with Gasteiger partial charge in [-0.25, -0.2) is 4.39 Å². The summed E-state index contributed by atoms with van der Waals surface area (Å²) >= 11 is 0. The van der Waals surface area contributed by atoms with Gasteiger partial charge in [-0.15, -0.1) is 0 Å². The van der Waals surface area contributed by atoms with Crippen molar-refractivity contribution in [3.05, 3.63) is 71.0 Å². The van der Waals surface area contributed by atoms with E-state index in [0.717, 1.165) is 33.3 Å². The predicted octanol–water partition coefficient (Wildman–Crippen LogP) is 5.43. The Morgan fingerprint density at radius 3 is 2.54 bits per heavy atom. The first kappa shape index (κ1) is 17.9.